The maximum absolute atomic E-state index is 13.1. The van der Waals surface area contributed by atoms with Crippen LogP contribution >= 0.6 is 23.7 Å². The fraction of sp³-hybridized carbons (Fsp3) is 0.630. The molecule has 5 rings (SSSR count). The summed E-state index contributed by atoms with van der Waals surface area (Å²) in [5.41, 5.74) is 0. The van der Waals surface area contributed by atoms with Crippen molar-refractivity contribution in [3.05, 3.63) is 17.0 Å². The quantitative estimate of drug-likeness (QED) is 0.334. The van der Waals surface area contributed by atoms with Gasteiger partial charge in [-0.2, -0.15) is 23.1 Å². The van der Waals surface area contributed by atoms with Crippen molar-refractivity contribution in [2.75, 3.05) is 57.8 Å². The number of alkyl halides is 3. The van der Waals surface area contributed by atoms with Gasteiger partial charge < -0.3 is 34.4 Å². The lowest BCUT2D eigenvalue weighted by atomic mass is 9.96. The number of anilines is 2. The number of aliphatic hydroxyl groups excluding tert-OH is 1. The first-order chi connectivity index (χ1) is 20.1. The molecule has 11 nitrogen and oxygen atoms in total. The summed E-state index contributed by atoms with van der Waals surface area (Å²) in [5, 5.41) is 23.5. The van der Waals surface area contributed by atoms with Crippen molar-refractivity contribution in [3.8, 4) is 17.6 Å². The smallest absolute Gasteiger partial charge is 0.393 e. The van der Waals surface area contributed by atoms with E-state index in [0.717, 1.165) is 49.6 Å². The van der Waals surface area contributed by atoms with Crippen LogP contribution in [0.1, 0.15) is 30.6 Å². The number of nitrogens with zero attached hydrogens (tertiary/aromatic N) is 6. The lowest BCUT2D eigenvalue weighted by Crippen LogP contribution is -2.40. The molecule has 2 fully saturated rings. The van der Waals surface area contributed by atoms with Gasteiger partial charge >= 0.3 is 12.2 Å². The van der Waals surface area contributed by atoms with Crippen LogP contribution in [0.4, 0.5) is 24.8 Å². The Morgan fingerprint density at radius 2 is 1.81 bits per heavy atom. The van der Waals surface area contributed by atoms with Crippen molar-refractivity contribution in [2.24, 2.45) is 5.92 Å². The number of nitrogens with one attached hydrogen (secondary N) is 1. The molecule has 0 radical (unpaired) electrons. The summed E-state index contributed by atoms with van der Waals surface area (Å²) in [6, 6.07) is 3.26. The maximum Gasteiger partial charge on any atom is 0.393 e. The highest BCUT2D eigenvalue weighted by atomic mass is 35.5. The van der Waals surface area contributed by atoms with Gasteiger partial charge in [0.25, 0.3) is 5.88 Å². The van der Waals surface area contributed by atoms with E-state index in [0.29, 0.717) is 46.4 Å². The van der Waals surface area contributed by atoms with Crippen LogP contribution in [0.25, 0.3) is 10.2 Å². The minimum Gasteiger partial charge on any atom is -0.491 e. The van der Waals surface area contributed by atoms with Gasteiger partial charge in [0, 0.05) is 37.1 Å². The molecular formula is C27H37ClF3N7O4S. The number of piperidine rings is 1. The minimum atomic E-state index is -4.32. The van der Waals surface area contributed by atoms with Gasteiger partial charge in [-0.3, -0.25) is 0 Å². The summed E-state index contributed by atoms with van der Waals surface area (Å²) in [6.07, 6.45) is -2.76. The third-order valence-corrected chi connectivity index (χ3v) is 9.08. The van der Waals surface area contributed by atoms with E-state index in [9.17, 15) is 18.3 Å². The number of methoxy groups -OCH3 is 3. The molecule has 0 amide bonds. The molecule has 3 aromatic heterocycles. The Labute approximate surface area is 258 Å². The average molecular weight is 648 g/mol. The Kier molecular flexibility index (Phi) is 10.6. The molecule has 2 aliphatic rings. The van der Waals surface area contributed by atoms with Crippen LogP contribution in [0.5, 0.6) is 17.6 Å². The highest BCUT2D eigenvalue weighted by molar-refractivity contribution is 7.18. The van der Waals surface area contributed by atoms with Gasteiger partial charge in [0.2, 0.25) is 0 Å². The van der Waals surface area contributed by atoms with Crippen molar-refractivity contribution < 1.29 is 32.5 Å². The third kappa shape index (κ3) is 7.62. The molecule has 238 valence electrons. The highest BCUT2D eigenvalue weighted by Gasteiger charge is 2.37. The predicted octanol–water partition coefficient (Wildman–Crippen LogP) is 3.87. The zero-order chi connectivity index (χ0) is 30.0. The number of thiophene rings is 1. The summed E-state index contributed by atoms with van der Waals surface area (Å²) in [4.78, 5) is 13.4. The molecule has 3 aromatic rings. The molecule has 43 heavy (non-hydrogen) atoms. The molecule has 0 bridgehead atoms. The van der Waals surface area contributed by atoms with Crippen molar-refractivity contribution in [3.63, 3.8) is 0 Å². The molecule has 3 atom stereocenters. The van der Waals surface area contributed by atoms with Crippen molar-refractivity contribution in [1.29, 1.82) is 0 Å². The topological polar surface area (TPSA) is 118 Å². The van der Waals surface area contributed by atoms with Gasteiger partial charge in [0.1, 0.15) is 10.6 Å². The van der Waals surface area contributed by atoms with Crippen LogP contribution in [0.2, 0.25) is 0 Å². The minimum absolute atomic E-state index is 0. The summed E-state index contributed by atoms with van der Waals surface area (Å²) in [7, 11) is 6.34. The number of ether oxygens (including phenoxy) is 3. The molecule has 1 aliphatic carbocycles. The lowest BCUT2D eigenvalue weighted by Gasteiger charge is -2.33. The molecule has 0 spiro atoms. The molecule has 1 saturated carbocycles. The zero-order valence-electron chi connectivity index (χ0n) is 24.4. The van der Waals surface area contributed by atoms with Gasteiger partial charge in [0.05, 0.1) is 45.3 Å². The Bertz CT molecular complexity index is 1380. The normalized spacial score (nSPS) is 21.1. The summed E-state index contributed by atoms with van der Waals surface area (Å²) >= 11 is 0.980. The van der Waals surface area contributed by atoms with Crippen LogP contribution in [0.3, 0.4) is 0 Å². The number of rotatable bonds is 10. The predicted molar refractivity (Wildman–Crippen MR) is 160 cm³/mol. The van der Waals surface area contributed by atoms with E-state index in [1.165, 1.54) is 20.3 Å². The number of halogens is 4. The third-order valence-electron chi connectivity index (χ3n) is 8.05. The van der Waals surface area contributed by atoms with Gasteiger partial charge in [-0.25, -0.2) is 0 Å². The van der Waals surface area contributed by atoms with Gasteiger partial charge in [0.15, 0.2) is 11.6 Å². The van der Waals surface area contributed by atoms with E-state index in [4.69, 9.17) is 14.2 Å². The number of likely N-dealkylation sites (N-methyl/N-ethyl adjacent to an activating group) is 1. The lowest BCUT2D eigenvalue weighted by molar-refractivity contribution is -0.126. The highest BCUT2D eigenvalue weighted by Crippen LogP contribution is 2.38. The van der Waals surface area contributed by atoms with Gasteiger partial charge in [-0.05, 0) is 44.2 Å². The number of aliphatic hydroxyl groups is 1. The van der Waals surface area contributed by atoms with E-state index >= 15 is 0 Å². The number of fused-ring (bicyclic) bond motifs is 1. The van der Waals surface area contributed by atoms with E-state index in [1.54, 1.807) is 7.11 Å². The molecule has 0 unspecified atom stereocenters. The Morgan fingerprint density at radius 1 is 1.07 bits per heavy atom. The largest absolute Gasteiger partial charge is 0.491 e. The molecule has 16 heteroatoms. The van der Waals surface area contributed by atoms with E-state index < -0.39 is 18.7 Å². The fourth-order valence-corrected chi connectivity index (χ4v) is 6.86. The summed E-state index contributed by atoms with van der Waals surface area (Å²) in [6.45, 7) is 2.52. The molecular weight excluding hydrogens is 611 g/mol. The van der Waals surface area contributed by atoms with Crippen molar-refractivity contribution >= 4 is 45.6 Å². The molecule has 1 aliphatic heterocycles. The number of hydrogen-bond acceptors (Lipinski definition) is 12. The monoisotopic (exact) mass is 647 g/mol. The second-order valence-electron chi connectivity index (χ2n) is 10.8. The first-order valence-electron chi connectivity index (χ1n) is 13.8. The zero-order valence-corrected chi connectivity index (χ0v) is 26.1. The van der Waals surface area contributed by atoms with Crippen LogP contribution in [0, 0.1) is 5.92 Å². The Hall–Kier alpha value is -2.88. The average Bonchev–Trinajstić information content (AvgIpc) is 3.55. The maximum atomic E-state index is 13.1. The first-order valence-corrected chi connectivity index (χ1v) is 14.7. The molecule has 2 N–H and O–H groups in total. The van der Waals surface area contributed by atoms with Crippen LogP contribution in [0.15, 0.2) is 12.1 Å². The van der Waals surface area contributed by atoms with Gasteiger partial charge in [-0.15, -0.1) is 33.9 Å². The molecule has 1 saturated heterocycles. The van der Waals surface area contributed by atoms with E-state index in [-0.39, 0.29) is 35.4 Å². The Balaban J connectivity index is 0.00000423. The summed E-state index contributed by atoms with van der Waals surface area (Å²) < 4.78 is 54.9. The SMILES string of the molecule is COc1nc(N(C)[C@H]2C[C@@H](NCC3CCN(c4cc(OC)c(OC)nn4)CC3)C[C@H]2O)c2cc(CC(F)(F)F)sc2n1.Cl. The number of hydrogen-bond donors (Lipinski definition) is 2. The van der Waals surface area contributed by atoms with E-state index in [1.807, 2.05) is 18.0 Å². The van der Waals surface area contributed by atoms with Crippen molar-refractivity contribution in [2.45, 2.75) is 56.5 Å². The molecule has 4 heterocycles. The van der Waals surface area contributed by atoms with Crippen LogP contribution in [-0.2, 0) is 6.42 Å². The van der Waals surface area contributed by atoms with Crippen LogP contribution < -0.4 is 29.3 Å². The Morgan fingerprint density at radius 3 is 2.47 bits per heavy atom. The molecule has 0 aromatic carbocycles. The van der Waals surface area contributed by atoms with Crippen LogP contribution in [-0.4, -0.2) is 97.6 Å². The first kappa shape index (κ1) is 33.0. The number of aromatic nitrogens is 4. The van der Waals surface area contributed by atoms with E-state index in [2.05, 4.69) is 30.4 Å². The second-order valence-corrected chi connectivity index (χ2v) is 11.9. The standard InChI is InChI=1S/C27H36F3N7O4S.ClH/c1-36(23-18-11-17(13-27(28,29)30)42-25(18)33-26(32-23)41-4)19-9-16(10-20(19)38)31-14-15-5-7-37(8-6-15)22-12-21(39-2)24(40-3)35-34-22;/h11-12,15-16,19-20,31,38H,5-10,13-14H2,1-4H3;1H/t16-,19+,20-;/m1./s1. The van der Waals surface area contributed by atoms with Gasteiger partial charge in [-0.1, -0.05) is 0 Å². The second kappa shape index (κ2) is 13.8. The summed E-state index contributed by atoms with van der Waals surface area (Å²) in [5.74, 6) is 2.60. The fourth-order valence-electron chi connectivity index (χ4n) is 5.81. The van der Waals surface area contributed by atoms with Crippen molar-refractivity contribution in [1.82, 2.24) is 25.5 Å².